The lowest BCUT2D eigenvalue weighted by Gasteiger charge is -2.11. The number of nitrogens with zero attached hydrogens (tertiary/aromatic N) is 2. The number of rotatable bonds is 6. The van der Waals surface area contributed by atoms with Gasteiger partial charge in [-0.1, -0.05) is 12.1 Å². The van der Waals surface area contributed by atoms with Crippen LogP contribution in [0.2, 0.25) is 0 Å². The molecule has 126 valence electrons. The summed E-state index contributed by atoms with van der Waals surface area (Å²) >= 11 is 0. The van der Waals surface area contributed by atoms with Gasteiger partial charge in [0.25, 0.3) is 0 Å². The maximum absolute atomic E-state index is 5.92. The highest BCUT2D eigenvalue weighted by Crippen LogP contribution is 2.21. The van der Waals surface area contributed by atoms with E-state index < -0.39 is 0 Å². The monoisotopic (exact) mass is 323 g/mol. The van der Waals surface area contributed by atoms with Crippen molar-refractivity contribution in [1.82, 2.24) is 9.55 Å². The van der Waals surface area contributed by atoms with Crippen molar-refractivity contribution < 1.29 is 4.74 Å². The van der Waals surface area contributed by atoms with Crippen LogP contribution < -0.4 is 10.5 Å². The Labute approximate surface area is 143 Å². The third-order valence-electron chi connectivity index (χ3n) is 4.38. The van der Waals surface area contributed by atoms with Crippen molar-refractivity contribution in [2.75, 3.05) is 13.2 Å². The van der Waals surface area contributed by atoms with Crippen LogP contribution in [-0.2, 0) is 13.0 Å². The number of imidazole rings is 1. The molecule has 0 aliphatic carbocycles. The van der Waals surface area contributed by atoms with Gasteiger partial charge in [0.05, 0.1) is 17.6 Å². The molecule has 0 bridgehead atoms. The minimum atomic E-state index is 0.597. The van der Waals surface area contributed by atoms with Crippen LogP contribution in [0.25, 0.3) is 11.0 Å². The fourth-order valence-electron chi connectivity index (χ4n) is 2.96. The van der Waals surface area contributed by atoms with Crippen molar-refractivity contribution in [3.63, 3.8) is 0 Å². The van der Waals surface area contributed by atoms with Crippen LogP contribution in [0.4, 0.5) is 0 Å². The van der Waals surface area contributed by atoms with Crippen LogP contribution in [0.5, 0.6) is 5.75 Å². The third kappa shape index (κ3) is 3.44. The summed E-state index contributed by atoms with van der Waals surface area (Å²) in [6.45, 7) is 8.30. The van der Waals surface area contributed by atoms with Gasteiger partial charge in [-0.3, -0.25) is 0 Å². The van der Waals surface area contributed by atoms with Crippen LogP contribution in [0.15, 0.2) is 36.4 Å². The Bertz CT molecular complexity index is 851. The molecule has 3 aromatic rings. The molecule has 0 unspecified atom stereocenters. The minimum absolute atomic E-state index is 0.597. The van der Waals surface area contributed by atoms with E-state index in [4.69, 9.17) is 15.5 Å². The first-order valence-electron chi connectivity index (χ1n) is 8.44. The summed E-state index contributed by atoms with van der Waals surface area (Å²) in [5.41, 5.74) is 11.7. The van der Waals surface area contributed by atoms with Gasteiger partial charge in [0.2, 0.25) is 0 Å². The van der Waals surface area contributed by atoms with E-state index in [0.29, 0.717) is 13.2 Å². The standard InChI is InChI=1S/C20H25N3O/c1-14-5-4-6-17(11-14)24-10-9-23-19-13-16(3)15(2)12-18(19)22-20(23)7-8-21/h4-6,11-13H,7-10,21H2,1-3H3. The first-order valence-corrected chi connectivity index (χ1v) is 8.44. The molecular weight excluding hydrogens is 298 g/mol. The lowest BCUT2D eigenvalue weighted by Crippen LogP contribution is -2.14. The van der Waals surface area contributed by atoms with Gasteiger partial charge >= 0.3 is 0 Å². The molecule has 4 nitrogen and oxygen atoms in total. The molecule has 0 aliphatic heterocycles. The SMILES string of the molecule is Cc1cccc(OCCn2c(CCN)nc3cc(C)c(C)cc32)c1. The van der Waals surface area contributed by atoms with Crippen LogP contribution in [0.1, 0.15) is 22.5 Å². The Balaban J connectivity index is 1.84. The number of ether oxygens (including phenoxy) is 1. The Kier molecular flexibility index (Phi) is 4.86. The second-order valence-corrected chi connectivity index (χ2v) is 6.31. The van der Waals surface area contributed by atoms with E-state index in [1.807, 2.05) is 12.1 Å². The van der Waals surface area contributed by atoms with Gasteiger partial charge in [0.15, 0.2) is 0 Å². The van der Waals surface area contributed by atoms with E-state index in [2.05, 4.69) is 49.6 Å². The average molecular weight is 323 g/mol. The van der Waals surface area contributed by atoms with Crippen molar-refractivity contribution >= 4 is 11.0 Å². The molecule has 0 atom stereocenters. The van der Waals surface area contributed by atoms with Gasteiger partial charge in [0, 0.05) is 6.42 Å². The molecule has 0 saturated carbocycles. The number of benzene rings is 2. The lowest BCUT2D eigenvalue weighted by atomic mass is 10.1. The van der Waals surface area contributed by atoms with E-state index in [-0.39, 0.29) is 0 Å². The molecule has 0 saturated heterocycles. The van der Waals surface area contributed by atoms with E-state index >= 15 is 0 Å². The molecule has 2 N–H and O–H groups in total. The van der Waals surface area contributed by atoms with Gasteiger partial charge in [-0.2, -0.15) is 0 Å². The summed E-state index contributed by atoms with van der Waals surface area (Å²) < 4.78 is 8.16. The molecule has 4 heteroatoms. The zero-order valence-electron chi connectivity index (χ0n) is 14.7. The maximum Gasteiger partial charge on any atom is 0.119 e. The molecule has 0 fully saturated rings. The summed E-state index contributed by atoms with van der Waals surface area (Å²) in [4.78, 5) is 4.77. The molecule has 0 aliphatic rings. The smallest absolute Gasteiger partial charge is 0.119 e. The van der Waals surface area contributed by atoms with Crippen molar-refractivity contribution in [2.24, 2.45) is 5.73 Å². The largest absolute Gasteiger partial charge is 0.492 e. The quantitative estimate of drug-likeness (QED) is 0.755. The van der Waals surface area contributed by atoms with Crippen molar-refractivity contribution in [3.8, 4) is 5.75 Å². The van der Waals surface area contributed by atoms with E-state index in [0.717, 1.165) is 35.6 Å². The molecule has 3 rings (SSSR count). The number of fused-ring (bicyclic) bond motifs is 1. The molecule has 0 amide bonds. The number of aryl methyl sites for hydroxylation is 3. The Morgan fingerprint density at radius 2 is 1.88 bits per heavy atom. The Morgan fingerprint density at radius 3 is 2.62 bits per heavy atom. The predicted molar refractivity (Wildman–Crippen MR) is 98.6 cm³/mol. The first kappa shape index (κ1) is 16.5. The summed E-state index contributed by atoms with van der Waals surface area (Å²) in [5.74, 6) is 1.94. The Morgan fingerprint density at radius 1 is 1.08 bits per heavy atom. The molecule has 1 aromatic heterocycles. The summed E-state index contributed by atoms with van der Waals surface area (Å²) in [6.07, 6.45) is 0.775. The number of aromatic nitrogens is 2. The number of hydrogen-bond donors (Lipinski definition) is 1. The molecule has 2 aromatic carbocycles. The molecular formula is C20H25N3O. The molecule has 24 heavy (non-hydrogen) atoms. The topological polar surface area (TPSA) is 53.1 Å². The van der Waals surface area contributed by atoms with Gasteiger partial charge in [-0.25, -0.2) is 4.98 Å². The maximum atomic E-state index is 5.92. The second kappa shape index (κ2) is 7.05. The number of hydrogen-bond acceptors (Lipinski definition) is 3. The summed E-state index contributed by atoms with van der Waals surface area (Å²) in [6, 6.07) is 12.5. The normalized spacial score (nSPS) is 11.2. The first-order chi connectivity index (χ1) is 11.6. The second-order valence-electron chi connectivity index (χ2n) is 6.31. The average Bonchev–Trinajstić information content (AvgIpc) is 2.85. The third-order valence-corrected chi connectivity index (χ3v) is 4.38. The van der Waals surface area contributed by atoms with Crippen molar-refractivity contribution in [3.05, 3.63) is 58.9 Å². The molecule has 0 radical (unpaired) electrons. The summed E-state index contributed by atoms with van der Waals surface area (Å²) in [5, 5.41) is 0. The van der Waals surface area contributed by atoms with E-state index in [9.17, 15) is 0 Å². The summed E-state index contributed by atoms with van der Waals surface area (Å²) in [7, 11) is 0. The van der Waals surface area contributed by atoms with Crippen molar-refractivity contribution in [2.45, 2.75) is 33.7 Å². The Hall–Kier alpha value is -2.33. The minimum Gasteiger partial charge on any atom is -0.492 e. The van der Waals surface area contributed by atoms with Gasteiger partial charge in [0.1, 0.15) is 18.2 Å². The zero-order valence-corrected chi connectivity index (χ0v) is 14.7. The molecule has 0 spiro atoms. The zero-order chi connectivity index (χ0) is 17.1. The van der Waals surface area contributed by atoms with E-state index in [1.54, 1.807) is 0 Å². The highest BCUT2D eigenvalue weighted by Gasteiger charge is 2.11. The van der Waals surface area contributed by atoms with Crippen LogP contribution >= 0.6 is 0 Å². The number of nitrogens with two attached hydrogens (primary N) is 1. The van der Waals surface area contributed by atoms with Gasteiger partial charge in [-0.15, -0.1) is 0 Å². The van der Waals surface area contributed by atoms with Crippen LogP contribution in [0.3, 0.4) is 0 Å². The van der Waals surface area contributed by atoms with Gasteiger partial charge in [-0.05, 0) is 68.3 Å². The predicted octanol–water partition coefficient (Wildman–Crippen LogP) is 3.54. The fourth-order valence-corrected chi connectivity index (χ4v) is 2.96. The highest BCUT2D eigenvalue weighted by atomic mass is 16.5. The lowest BCUT2D eigenvalue weighted by molar-refractivity contribution is 0.298. The van der Waals surface area contributed by atoms with Gasteiger partial charge < -0.3 is 15.0 Å². The highest BCUT2D eigenvalue weighted by molar-refractivity contribution is 5.78. The van der Waals surface area contributed by atoms with Crippen LogP contribution in [-0.4, -0.2) is 22.7 Å². The van der Waals surface area contributed by atoms with Crippen molar-refractivity contribution in [1.29, 1.82) is 0 Å². The fraction of sp³-hybridized carbons (Fsp3) is 0.350. The van der Waals surface area contributed by atoms with E-state index in [1.165, 1.54) is 16.7 Å². The van der Waals surface area contributed by atoms with Crippen LogP contribution in [0, 0.1) is 20.8 Å². The molecule has 1 heterocycles.